The van der Waals surface area contributed by atoms with E-state index in [2.05, 4.69) is 9.97 Å². The van der Waals surface area contributed by atoms with Crippen LogP contribution in [0.25, 0.3) is 22.2 Å². The highest BCUT2D eigenvalue weighted by Crippen LogP contribution is 2.21. The molecule has 0 unspecified atom stereocenters. The number of benzene rings is 1. The van der Waals surface area contributed by atoms with Gasteiger partial charge >= 0.3 is 5.69 Å². The van der Waals surface area contributed by atoms with E-state index in [1.54, 1.807) is 28.7 Å². The van der Waals surface area contributed by atoms with Crippen molar-refractivity contribution in [1.29, 1.82) is 0 Å². The van der Waals surface area contributed by atoms with Gasteiger partial charge in [-0.05, 0) is 43.0 Å². The van der Waals surface area contributed by atoms with Crippen LogP contribution >= 0.6 is 0 Å². The fraction of sp³-hybridized carbons (Fsp3) is 0.364. The SMILES string of the molecule is Cn1c(=O)n(CC2CCN(C(=O)Cn3cnc4ccccc43)CC2)c2ncccc21. The number of hydrogen-bond acceptors (Lipinski definition) is 4. The Balaban J connectivity index is 1.24. The van der Waals surface area contributed by atoms with Crippen LogP contribution in [0.2, 0.25) is 0 Å². The third kappa shape index (κ3) is 3.18. The molecule has 0 bridgehead atoms. The molecule has 0 spiro atoms. The van der Waals surface area contributed by atoms with E-state index in [4.69, 9.17) is 0 Å². The number of para-hydroxylation sites is 2. The molecular weight excluding hydrogens is 380 g/mol. The molecule has 3 aromatic heterocycles. The molecule has 1 aliphatic rings. The van der Waals surface area contributed by atoms with Crippen molar-refractivity contribution in [3.05, 3.63) is 59.4 Å². The molecule has 1 fully saturated rings. The number of piperidine rings is 1. The van der Waals surface area contributed by atoms with Crippen LogP contribution in [-0.4, -0.2) is 47.6 Å². The van der Waals surface area contributed by atoms with Crippen LogP contribution in [0.15, 0.2) is 53.7 Å². The summed E-state index contributed by atoms with van der Waals surface area (Å²) in [6.45, 7) is 2.37. The third-order valence-electron chi connectivity index (χ3n) is 6.14. The van der Waals surface area contributed by atoms with E-state index in [1.165, 1.54) is 0 Å². The van der Waals surface area contributed by atoms with E-state index in [9.17, 15) is 9.59 Å². The summed E-state index contributed by atoms with van der Waals surface area (Å²) in [5, 5.41) is 0. The summed E-state index contributed by atoms with van der Waals surface area (Å²) in [6.07, 6.45) is 5.22. The lowest BCUT2D eigenvalue weighted by molar-refractivity contribution is -0.133. The summed E-state index contributed by atoms with van der Waals surface area (Å²) in [6, 6.07) is 11.6. The number of fused-ring (bicyclic) bond motifs is 2. The first-order valence-corrected chi connectivity index (χ1v) is 10.3. The number of aromatic nitrogens is 5. The van der Waals surface area contributed by atoms with Gasteiger partial charge in [-0.1, -0.05) is 12.1 Å². The first-order valence-electron chi connectivity index (χ1n) is 10.3. The molecule has 154 valence electrons. The van der Waals surface area contributed by atoms with Crippen LogP contribution in [-0.2, 0) is 24.9 Å². The molecule has 4 aromatic rings. The molecule has 0 saturated carbocycles. The van der Waals surface area contributed by atoms with Gasteiger partial charge in [0.1, 0.15) is 6.54 Å². The second kappa shape index (κ2) is 7.44. The van der Waals surface area contributed by atoms with Gasteiger partial charge in [0.15, 0.2) is 5.65 Å². The molecule has 8 nitrogen and oxygen atoms in total. The van der Waals surface area contributed by atoms with Crippen molar-refractivity contribution in [3.8, 4) is 0 Å². The highest BCUT2D eigenvalue weighted by molar-refractivity contribution is 5.80. The molecule has 0 N–H and O–H groups in total. The number of rotatable bonds is 4. The normalized spacial score (nSPS) is 15.3. The van der Waals surface area contributed by atoms with E-state index in [0.717, 1.165) is 35.0 Å². The van der Waals surface area contributed by atoms with Crippen LogP contribution in [0.3, 0.4) is 0 Å². The van der Waals surface area contributed by atoms with Crippen LogP contribution in [0.1, 0.15) is 12.8 Å². The highest BCUT2D eigenvalue weighted by atomic mass is 16.2. The van der Waals surface area contributed by atoms with Crippen LogP contribution in [0.4, 0.5) is 0 Å². The summed E-state index contributed by atoms with van der Waals surface area (Å²) in [5.41, 5.74) is 3.43. The topological polar surface area (TPSA) is 78.0 Å². The minimum absolute atomic E-state index is 0.0332. The molecule has 4 heterocycles. The number of carbonyl (C=O) groups is 1. The van der Waals surface area contributed by atoms with Gasteiger partial charge in [-0.2, -0.15) is 0 Å². The van der Waals surface area contributed by atoms with Crippen molar-refractivity contribution >= 4 is 28.1 Å². The molecule has 1 aromatic carbocycles. The highest BCUT2D eigenvalue weighted by Gasteiger charge is 2.25. The summed E-state index contributed by atoms with van der Waals surface area (Å²) >= 11 is 0. The number of aryl methyl sites for hydroxylation is 1. The average Bonchev–Trinajstić information content (AvgIpc) is 3.29. The standard InChI is InChI=1S/C22H24N6O2/c1-25-19-7-4-10-23-21(19)28(22(25)30)13-16-8-11-26(12-9-16)20(29)14-27-15-24-17-5-2-3-6-18(17)27/h2-7,10,15-16H,8-9,11-14H2,1H3. The lowest BCUT2D eigenvalue weighted by Gasteiger charge is -2.32. The number of amides is 1. The fourth-order valence-electron chi connectivity index (χ4n) is 4.40. The summed E-state index contributed by atoms with van der Waals surface area (Å²) in [7, 11) is 1.78. The molecule has 0 atom stereocenters. The Bertz CT molecular complexity index is 1280. The molecule has 1 aliphatic heterocycles. The van der Waals surface area contributed by atoms with Gasteiger partial charge in [-0.3, -0.25) is 13.9 Å². The molecule has 0 radical (unpaired) electrons. The number of nitrogens with zero attached hydrogens (tertiary/aromatic N) is 6. The van der Waals surface area contributed by atoms with Crippen LogP contribution in [0.5, 0.6) is 0 Å². The molecule has 0 aliphatic carbocycles. The monoisotopic (exact) mass is 404 g/mol. The van der Waals surface area contributed by atoms with Gasteiger partial charge < -0.3 is 9.47 Å². The third-order valence-corrected chi connectivity index (χ3v) is 6.14. The zero-order chi connectivity index (χ0) is 20.7. The van der Waals surface area contributed by atoms with Gasteiger partial charge in [-0.25, -0.2) is 14.8 Å². The molecule has 5 rings (SSSR count). The Morgan fingerprint density at radius 2 is 1.83 bits per heavy atom. The Hall–Kier alpha value is -3.42. The molecular formula is C22H24N6O2. The van der Waals surface area contributed by atoms with Crippen molar-refractivity contribution < 1.29 is 4.79 Å². The quantitative estimate of drug-likeness (QED) is 0.521. The number of carbonyl (C=O) groups excluding carboxylic acids is 1. The van der Waals surface area contributed by atoms with Crippen LogP contribution < -0.4 is 5.69 Å². The fourth-order valence-corrected chi connectivity index (χ4v) is 4.40. The van der Waals surface area contributed by atoms with E-state index < -0.39 is 0 Å². The summed E-state index contributed by atoms with van der Waals surface area (Å²) < 4.78 is 5.33. The minimum atomic E-state index is -0.0332. The van der Waals surface area contributed by atoms with Crippen molar-refractivity contribution in [2.45, 2.75) is 25.9 Å². The molecule has 1 amide bonds. The Morgan fingerprint density at radius 3 is 2.67 bits per heavy atom. The van der Waals surface area contributed by atoms with Crippen molar-refractivity contribution in [3.63, 3.8) is 0 Å². The second-order valence-electron chi connectivity index (χ2n) is 7.98. The maximum atomic E-state index is 12.8. The largest absolute Gasteiger partial charge is 0.341 e. The van der Waals surface area contributed by atoms with E-state index >= 15 is 0 Å². The summed E-state index contributed by atoms with van der Waals surface area (Å²) in [4.78, 5) is 36.1. The van der Waals surface area contributed by atoms with Gasteiger partial charge in [-0.15, -0.1) is 0 Å². The van der Waals surface area contributed by atoms with Gasteiger partial charge in [0.05, 0.1) is 22.9 Å². The first kappa shape index (κ1) is 18.6. The van der Waals surface area contributed by atoms with Crippen molar-refractivity contribution in [1.82, 2.24) is 28.6 Å². The Labute approximate surface area is 173 Å². The molecule has 8 heteroatoms. The van der Waals surface area contributed by atoms with Crippen LogP contribution in [0, 0.1) is 5.92 Å². The lowest BCUT2D eigenvalue weighted by Crippen LogP contribution is -2.41. The zero-order valence-electron chi connectivity index (χ0n) is 16.9. The van der Waals surface area contributed by atoms with Gasteiger partial charge in [0.25, 0.3) is 0 Å². The van der Waals surface area contributed by atoms with E-state index in [1.807, 2.05) is 45.9 Å². The lowest BCUT2D eigenvalue weighted by atomic mass is 9.96. The number of likely N-dealkylation sites (tertiary alicyclic amines) is 1. The molecule has 30 heavy (non-hydrogen) atoms. The average molecular weight is 404 g/mol. The number of imidazole rings is 2. The van der Waals surface area contributed by atoms with Crippen molar-refractivity contribution in [2.75, 3.05) is 13.1 Å². The maximum absolute atomic E-state index is 12.8. The predicted octanol–water partition coefficient (Wildman–Crippen LogP) is 2.02. The van der Waals surface area contributed by atoms with E-state index in [-0.39, 0.29) is 11.6 Å². The minimum Gasteiger partial charge on any atom is -0.341 e. The Kier molecular flexibility index (Phi) is 4.61. The first-order chi connectivity index (χ1) is 14.6. The van der Waals surface area contributed by atoms with Gasteiger partial charge in [0.2, 0.25) is 5.91 Å². The Morgan fingerprint density at radius 1 is 1.07 bits per heavy atom. The van der Waals surface area contributed by atoms with Gasteiger partial charge in [0, 0.05) is 32.9 Å². The molecule has 1 saturated heterocycles. The van der Waals surface area contributed by atoms with E-state index in [0.29, 0.717) is 32.1 Å². The predicted molar refractivity (Wildman–Crippen MR) is 114 cm³/mol. The summed E-state index contributed by atoms with van der Waals surface area (Å²) in [5.74, 6) is 0.467. The number of pyridine rings is 1. The second-order valence-corrected chi connectivity index (χ2v) is 7.98. The number of hydrogen-bond donors (Lipinski definition) is 0. The smallest absolute Gasteiger partial charge is 0.330 e. The maximum Gasteiger partial charge on any atom is 0.330 e. The van der Waals surface area contributed by atoms with Crippen molar-refractivity contribution in [2.24, 2.45) is 13.0 Å². The zero-order valence-corrected chi connectivity index (χ0v) is 16.9.